The van der Waals surface area contributed by atoms with Gasteiger partial charge in [-0.1, -0.05) is 119 Å². The maximum Gasteiger partial charge on any atom is 0.0694 e. The van der Waals surface area contributed by atoms with Crippen LogP contribution >= 0.6 is 0 Å². The highest BCUT2D eigenvalue weighted by Gasteiger charge is 2.56. The van der Waals surface area contributed by atoms with Crippen molar-refractivity contribution in [2.24, 2.45) is 0 Å². The molecule has 598 valence electrons. The molecule has 0 spiro atoms. The number of benzene rings is 5. The van der Waals surface area contributed by atoms with Crippen LogP contribution in [0.3, 0.4) is 0 Å². The lowest BCUT2D eigenvalue weighted by Crippen LogP contribution is -2.08. The van der Waals surface area contributed by atoms with E-state index in [1.165, 1.54) is 165 Å². The lowest BCUT2D eigenvalue weighted by atomic mass is 9.83. The molecule has 3 unspecified atom stereocenters. The molecule has 0 saturated heterocycles. The third kappa shape index (κ3) is 7.82. The number of fused-ring (bicyclic) bond motifs is 41. The zero-order valence-corrected chi connectivity index (χ0v) is 72.2. The van der Waals surface area contributed by atoms with E-state index in [0.717, 1.165) is 64.2 Å². The van der Waals surface area contributed by atoms with Gasteiger partial charge in [0.2, 0.25) is 0 Å². The predicted octanol–water partition coefficient (Wildman–Crippen LogP) is 26.3. The van der Waals surface area contributed by atoms with Crippen LogP contribution in [0, 0.1) is 27.7 Å². The fourth-order valence-electron chi connectivity index (χ4n) is 30.7. The Bertz CT molecular complexity index is 7810. The smallest absolute Gasteiger partial charge is 0.0694 e. The van der Waals surface area contributed by atoms with E-state index >= 15 is 0 Å². The summed E-state index contributed by atoms with van der Waals surface area (Å²) in [6, 6.07) is 27.3. The van der Waals surface area contributed by atoms with Crippen molar-refractivity contribution in [3.8, 4) is 34.1 Å². The molecule has 7 aliphatic heterocycles. The molecule has 0 N–H and O–H groups in total. The first-order valence-electron chi connectivity index (χ1n) is 47.1. The first kappa shape index (κ1) is 67.6. The summed E-state index contributed by atoms with van der Waals surface area (Å²) in [5.74, 6) is 1.45. The average molecular weight is 1610 g/mol. The molecule has 125 heavy (non-hydrogen) atoms. The monoisotopic (exact) mass is 1600 g/mol. The Labute approximate surface area is 729 Å². The summed E-state index contributed by atoms with van der Waals surface area (Å²) < 4.78 is 14.9. The van der Waals surface area contributed by atoms with Gasteiger partial charge < -0.3 is 27.4 Å². The normalized spacial score (nSPS) is 21.8. The van der Waals surface area contributed by atoms with Crippen molar-refractivity contribution in [1.29, 1.82) is 0 Å². The SMILES string of the molecule is C1=CC2=C(C1)Cc1c2c2c(c3c1C1=C(CC=C1)C3)C1=C(CC=C1)C2.C1=CC2=C(C1)c1c(c3c(c4c1CC1=C4CC=C1)CC1=C3CC=C1)C2.CC1=CCC2=C1c1c(C)c3c(c4c1C2C1=CCC(C)=C14)CC1=CCC(C)=C13.Cc1c(-n2cccc2C)c2c(c3c1-n1cccc1C3)-n1cccc1C2.Cc1ccc2n1-c1c3c4c5c6c1C2c1ccc(n1-6)C5c1ccc(n1-4)C3. The van der Waals surface area contributed by atoms with E-state index in [1.54, 1.807) is 228 Å². The molecule has 6 aromatic heterocycles. The van der Waals surface area contributed by atoms with Crippen LogP contribution in [-0.4, -0.2) is 27.4 Å². The summed E-state index contributed by atoms with van der Waals surface area (Å²) in [5.41, 5.74) is 94.2. The molecule has 25 aliphatic rings. The van der Waals surface area contributed by atoms with E-state index in [4.69, 9.17) is 0 Å². The first-order valence-corrected chi connectivity index (χ1v) is 47.1. The summed E-state index contributed by atoms with van der Waals surface area (Å²) in [7, 11) is 0. The van der Waals surface area contributed by atoms with Crippen molar-refractivity contribution < 1.29 is 0 Å². The molecule has 18 aliphatic carbocycles. The topological polar surface area (TPSA) is 29.6 Å². The van der Waals surface area contributed by atoms with Crippen LogP contribution in [0.4, 0.5) is 0 Å². The average Bonchev–Trinajstić information content (AvgIpc) is 1.46. The second-order valence-corrected chi connectivity index (χ2v) is 40.7. The predicted molar refractivity (Wildman–Crippen MR) is 506 cm³/mol. The van der Waals surface area contributed by atoms with Gasteiger partial charge in [-0.25, -0.2) is 0 Å². The fraction of sp³-hybridized carbons (Fsp3) is 0.244. The van der Waals surface area contributed by atoms with Gasteiger partial charge in [-0.15, -0.1) is 0 Å². The van der Waals surface area contributed by atoms with E-state index in [0.29, 0.717) is 17.8 Å². The molecule has 0 radical (unpaired) electrons. The van der Waals surface area contributed by atoms with Crippen LogP contribution < -0.4 is 0 Å². The van der Waals surface area contributed by atoms with Crippen molar-refractivity contribution in [2.45, 2.75) is 188 Å². The Kier molecular flexibility index (Phi) is 12.3. The number of aryl methyl sites for hydroxylation is 2. The first-order chi connectivity index (χ1) is 61.5. The highest BCUT2D eigenvalue weighted by molar-refractivity contribution is 6.10. The van der Waals surface area contributed by atoms with Crippen LogP contribution in [0.2, 0.25) is 0 Å². The molecule has 3 atom stereocenters. The van der Waals surface area contributed by atoms with Gasteiger partial charge in [0.05, 0.1) is 46.0 Å². The second kappa shape index (κ2) is 22.8. The van der Waals surface area contributed by atoms with Gasteiger partial charge >= 0.3 is 0 Å². The van der Waals surface area contributed by atoms with E-state index in [2.05, 4.69) is 258 Å². The molecule has 36 rings (SSSR count). The van der Waals surface area contributed by atoms with Gasteiger partial charge in [-0.05, 0) is 419 Å². The van der Waals surface area contributed by atoms with Crippen LogP contribution in [0.25, 0.3) is 84.3 Å². The molecule has 13 heterocycles. The highest BCUT2D eigenvalue weighted by atomic mass is 15.2. The molecule has 6 heteroatoms. The molecule has 0 saturated carbocycles. The standard InChI is InChI=1S/C27H24.2C24H18.C22H13N3.C22H19N3/c1-12-5-8-16-11-19-23(20(12)16)15(4)24-21-13(2)6-9-17(21)25-18-10-7-14(3)22(18)26(19)27(24)25;2*1-4-13-10-19-22(16(13)7-1)20-11-14-5-2-9-18(14)24(20)21-12-15-6-3-8-17(15)23(19)21;1-9-2-4-12-16-14-6-7-15-17-13-5-3-10-8-11-20(23(9)12)18(16)22(25(14)15)19(17)21(11)24(10)13;1-14-6-3-9-23(14)20-15(2)21-19(12-16-7-4-10-24(16)21)22-18(20)13-17-8-5-11-25(17)22/h6,8,10,25H,5,7,9,11H2,1-4H3;1-3,7-9H,4-6,10-12H2;1-6H,7-12H2;2-7,16-17H,8H2,1H3;3-11H,12-13H2,1-2H3. The Hall–Kier alpha value is -12.9. The van der Waals surface area contributed by atoms with Crippen molar-refractivity contribution in [3.63, 3.8) is 0 Å². The minimum absolute atomic E-state index is 0.435. The van der Waals surface area contributed by atoms with Gasteiger partial charge in [0.15, 0.2) is 0 Å². The fourth-order valence-corrected chi connectivity index (χ4v) is 30.7. The number of rotatable bonds is 1. The molecule has 0 amide bonds. The van der Waals surface area contributed by atoms with Crippen LogP contribution in [0.1, 0.15) is 281 Å². The Morgan fingerprint density at radius 1 is 0.288 bits per heavy atom. The summed E-state index contributed by atoms with van der Waals surface area (Å²) in [6.45, 7) is 16.2. The number of nitrogens with zero attached hydrogens (tertiary/aromatic N) is 6. The van der Waals surface area contributed by atoms with Crippen molar-refractivity contribution in [1.82, 2.24) is 27.4 Å². The molecule has 6 nitrogen and oxygen atoms in total. The number of allylic oxidation sites excluding steroid dienone is 36. The van der Waals surface area contributed by atoms with Crippen molar-refractivity contribution in [2.75, 3.05) is 0 Å². The maximum atomic E-state index is 2.60. The molecule has 0 fully saturated rings. The summed E-state index contributed by atoms with van der Waals surface area (Å²) in [5, 5.41) is 0. The quantitative estimate of drug-likeness (QED) is 0.157. The van der Waals surface area contributed by atoms with Gasteiger partial charge in [0.25, 0.3) is 0 Å². The molecular formula is C119H92N6. The van der Waals surface area contributed by atoms with Crippen LogP contribution in [0.15, 0.2) is 249 Å². The van der Waals surface area contributed by atoms with Gasteiger partial charge in [-0.3, -0.25) is 0 Å². The van der Waals surface area contributed by atoms with Crippen molar-refractivity contribution >= 4 is 50.2 Å². The van der Waals surface area contributed by atoms with E-state index in [-0.39, 0.29) is 0 Å². The minimum Gasteiger partial charge on any atom is -0.320 e. The van der Waals surface area contributed by atoms with Gasteiger partial charge in [0.1, 0.15) is 0 Å². The number of hydrogen-bond acceptors (Lipinski definition) is 0. The third-order valence-corrected chi connectivity index (χ3v) is 35.2. The summed E-state index contributed by atoms with van der Waals surface area (Å²) in [4.78, 5) is 0. The van der Waals surface area contributed by atoms with Gasteiger partial charge in [0, 0.05) is 123 Å². The zero-order chi connectivity index (χ0) is 81.5. The minimum atomic E-state index is 0.435. The third-order valence-electron chi connectivity index (χ3n) is 35.2. The van der Waals surface area contributed by atoms with E-state index < -0.39 is 0 Å². The molecule has 5 aromatic carbocycles. The van der Waals surface area contributed by atoms with Crippen LogP contribution in [-0.2, 0) is 64.2 Å². The highest BCUT2D eigenvalue weighted by Crippen LogP contribution is 2.70. The number of aromatic nitrogens is 6. The zero-order valence-electron chi connectivity index (χ0n) is 72.2. The lowest BCUT2D eigenvalue weighted by molar-refractivity contribution is 0.867. The van der Waals surface area contributed by atoms with E-state index in [9.17, 15) is 0 Å². The molecular weight excluding hydrogens is 1510 g/mol. The summed E-state index contributed by atoms with van der Waals surface area (Å²) >= 11 is 0. The number of hydrogen-bond donors (Lipinski definition) is 0. The molecule has 11 aromatic rings. The van der Waals surface area contributed by atoms with Gasteiger partial charge in [-0.2, -0.15) is 0 Å². The Balaban J connectivity index is 0.0000000738. The second-order valence-electron chi connectivity index (χ2n) is 40.7. The van der Waals surface area contributed by atoms with Crippen molar-refractivity contribution in [3.05, 3.63) is 434 Å². The Morgan fingerprint density at radius 3 is 1.36 bits per heavy atom. The maximum absolute atomic E-state index is 2.60. The van der Waals surface area contributed by atoms with E-state index in [1.807, 2.05) is 0 Å². The van der Waals surface area contributed by atoms with Crippen LogP contribution in [0.5, 0.6) is 0 Å². The largest absolute Gasteiger partial charge is 0.320 e. The lowest BCUT2D eigenvalue weighted by Gasteiger charge is -2.21. The Morgan fingerprint density at radius 2 is 0.768 bits per heavy atom. The molecule has 0 bridgehead atoms. The summed E-state index contributed by atoms with van der Waals surface area (Å²) in [6.07, 6.45) is 64.5.